The Balaban J connectivity index is 1.60. The van der Waals surface area contributed by atoms with E-state index >= 15 is 0 Å². The summed E-state index contributed by atoms with van der Waals surface area (Å²) in [4.78, 5) is 0. The molecular formula is C15H20O2. The molecule has 2 aliphatic rings. The minimum atomic E-state index is -0.166. The Morgan fingerprint density at radius 2 is 2.06 bits per heavy atom. The van der Waals surface area contributed by atoms with Gasteiger partial charge in [0.2, 0.25) is 0 Å². The van der Waals surface area contributed by atoms with Crippen LogP contribution in [-0.4, -0.2) is 24.4 Å². The Morgan fingerprint density at radius 1 is 1.24 bits per heavy atom. The summed E-state index contributed by atoms with van der Waals surface area (Å²) in [6.45, 7) is 1.62. The Kier molecular flexibility index (Phi) is 3.17. The predicted molar refractivity (Wildman–Crippen MR) is 66.8 cm³/mol. The van der Waals surface area contributed by atoms with Crippen molar-refractivity contribution in [3.8, 4) is 0 Å². The van der Waals surface area contributed by atoms with Crippen molar-refractivity contribution in [2.45, 2.75) is 31.3 Å². The molecule has 1 aliphatic heterocycles. The first-order valence-electron chi connectivity index (χ1n) is 6.67. The molecule has 17 heavy (non-hydrogen) atoms. The van der Waals surface area contributed by atoms with Gasteiger partial charge >= 0.3 is 0 Å². The number of benzene rings is 1. The van der Waals surface area contributed by atoms with E-state index in [0.717, 1.165) is 32.5 Å². The Labute approximate surface area is 103 Å². The van der Waals surface area contributed by atoms with Crippen molar-refractivity contribution < 1.29 is 9.84 Å². The minimum Gasteiger partial charge on any atom is -0.392 e. The summed E-state index contributed by atoms with van der Waals surface area (Å²) in [5.74, 6) is 1.40. The molecule has 92 valence electrons. The van der Waals surface area contributed by atoms with E-state index in [-0.39, 0.29) is 6.10 Å². The average Bonchev–Trinajstić information content (AvgIpc) is 3.20. The van der Waals surface area contributed by atoms with Gasteiger partial charge in [0.25, 0.3) is 0 Å². The van der Waals surface area contributed by atoms with Gasteiger partial charge in [-0.25, -0.2) is 0 Å². The van der Waals surface area contributed by atoms with E-state index < -0.39 is 0 Å². The second-order valence-electron chi connectivity index (χ2n) is 5.38. The van der Waals surface area contributed by atoms with Crippen LogP contribution in [0.25, 0.3) is 0 Å². The maximum atomic E-state index is 10.4. The van der Waals surface area contributed by atoms with Gasteiger partial charge in [-0.3, -0.25) is 0 Å². The first-order chi connectivity index (χ1) is 8.36. The maximum Gasteiger partial charge on any atom is 0.0624 e. The zero-order valence-electron chi connectivity index (χ0n) is 10.1. The molecule has 1 aromatic rings. The van der Waals surface area contributed by atoms with E-state index in [9.17, 15) is 5.11 Å². The van der Waals surface area contributed by atoms with Crippen molar-refractivity contribution in [1.29, 1.82) is 0 Å². The number of aliphatic hydroxyl groups is 1. The predicted octanol–water partition coefficient (Wildman–Crippen LogP) is 2.58. The summed E-state index contributed by atoms with van der Waals surface area (Å²) in [5.41, 5.74) is 1.38. The van der Waals surface area contributed by atoms with Gasteiger partial charge < -0.3 is 9.84 Å². The van der Waals surface area contributed by atoms with Gasteiger partial charge in [-0.1, -0.05) is 30.3 Å². The van der Waals surface area contributed by atoms with Crippen molar-refractivity contribution in [3.05, 3.63) is 35.9 Å². The highest BCUT2D eigenvalue weighted by atomic mass is 16.5. The number of rotatable bonds is 3. The molecule has 2 heteroatoms. The maximum absolute atomic E-state index is 10.4. The lowest BCUT2D eigenvalue weighted by molar-refractivity contribution is -0.0180. The SMILES string of the molecule is OC(C1CCCOC1)C1CC1c1ccccc1. The van der Waals surface area contributed by atoms with Gasteiger partial charge in [0.1, 0.15) is 0 Å². The lowest BCUT2D eigenvalue weighted by Crippen LogP contribution is -2.30. The van der Waals surface area contributed by atoms with Crippen LogP contribution in [0.1, 0.15) is 30.7 Å². The van der Waals surface area contributed by atoms with Crippen molar-refractivity contribution in [2.75, 3.05) is 13.2 Å². The second-order valence-corrected chi connectivity index (χ2v) is 5.38. The van der Waals surface area contributed by atoms with Crippen LogP contribution < -0.4 is 0 Å². The quantitative estimate of drug-likeness (QED) is 0.868. The fraction of sp³-hybridized carbons (Fsp3) is 0.600. The highest BCUT2D eigenvalue weighted by Crippen LogP contribution is 2.51. The smallest absolute Gasteiger partial charge is 0.0624 e. The van der Waals surface area contributed by atoms with E-state index in [1.54, 1.807) is 0 Å². The average molecular weight is 232 g/mol. The molecule has 0 radical (unpaired) electrons. The van der Waals surface area contributed by atoms with Crippen LogP contribution in [-0.2, 0) is 4.74 Å². The van der Waals surface area contributed by atoms with E-state index in [1.165, 1.54) is 5.56 Å². The Bertz CT molecular complexity index is 356. The zero-order valence-corrected chi connectivity index (χ0v) is 10.1. The van der Waals surface area contributed by atoms with Crippen LogP contribution in [0.4, 0.5) is 0 Å². The third-order valence-corrected chi connectivity index (χ3v) is 4.18. The topological polar surface area (TPSA) is 29.5 Å². The van der Waals surface area contributed by atoms with Crippen LogP contribution in [0.2, 0.25) is 0 Å². The first-order valence-corrected chi connectivity index (χ1v) is 6.67. The number of hydrogen-bond donors (Lipinski definition) is 1. The molecule has 0 spiro atoms. The van der Waals surface area contributed by atoms with Crippen LogP contribution >= 0.6 is 0 Å². The number of aliphatic hydroxyl groups excluding tert-OH is 1. The molecule has 0 bridgehead atoms. The molecule has 1 saturated carbocycles. The van der Waals surface area contributed by atoms with Gasteiger partial charge in [-0.05, 0) is 36.7 Å². The van der Waals surface area contributed by atoms with Crippen LogP contribution in [0.15, 0.2) is 30.3 Å². The monoisotopic (exact) mass is 232 g/mol. The third kappa shape index (κ3) is 2.38. The standard InChI is InChI=1S/C15H20O2/c16-15(12-7-4-8-17-10-12)14-9-13(14)11-5-2-1-3-6-11/h1-3,5-6,12-16H,4,7-10H2. The molecule has 0 amide bonds. The van der Waals surface area contributed by atoms with Crippen molar-refractivity contribution in [3.63, 3.8) is 0 Å². The fourth-order valence-corrected chi connectivity index (χ4v) is 3.06. The molecule has 2 nitrogen and oxygen atoms in total. The Hall–Kier alpha value is -0.860. The first kappa shape index (κ1) is 11.2. The molecule has 1 aliphatic carbocycles. The second kappa shape index (κ2) is 4.79. The van der Waals surface area contributed by atoms with Gasteiger partial charge in [0, 0.05) is 12.5 Å². The van der Waals surface area contributed by atoms with Crippen molar-refractivity contribution in [1.82, 2.24) is 0 Å². The lowest BCUT2D eigenvalue weighted by Gasteiger charge is -2.27. The van der Waals surface area contributed by atoms with Gasteiger partial charge in [-0.15, -0.1) is 0 Å². The van der Waals surface area contributed by atoms with Crippen LogP contribution in [0, 0.1) is 11.8 Å². The highest BCUT2D eigenvalue weighted by Gasteiger charge is 2.45. The van der Waals surface area contributed by atoms with Gasteiger partial charge in [-0.2, -0.15) is 0 Å². The molecule has 1 N–H and O–H groups in total. The van der Waals surface area contributed by atoms with E-state index in [0.29, 0.717) is 17.8 Å². The summed E-state index contributed by atoms with van der Waals surface area (Å²) in [5, 5.41) is 10.4. The van der Waals surface area contributed by atoms with Crippen molar-refractivity contribution >= 4 is 0 Å². The molecule has 2 fully saturated rings. The van der Waals surface area contributed by atoms with E-state index in [1.807, 2.05) is 6.07 Å². The molecule has 4 unspecified atom stereocenters. The summed E-state index contributed by atoms with van der Waals surface area (Å²) < 4.78 is 5.46. The molecule has 4 atom stereocenters. The highest BCUT2D eigenvalue weighted by molar-refractivity contribution is 5.26. The largest absolute Gasteiger partial charge is 0.392 e. The van der Waals surface area contributed by atoms with E-state index in [2.05, 4.69) is 24.3 Å². The summed E-state index contributed by atoms with van der Waals surface area (Å²) in [6.07, 6.45) is 3.20. The van der Waals surface area contributed by atoms with Crippen LogP contribution in [0.5, 0.6) is 0 Å². The van der Waals surface area contributed by atoms with E-state index in [4.69, 9.17) is 4.74 Å². The molecule has 1 heterocycles. The summed E-state index contributed by atoms with van der Waals surface area (Å²) in [6, 6.07) is 10.6. The fourth-order valence-electron chi connectivity index (χ4n) is 3.06. The summed E-state index contributed by atoms with van der Waals surface area (Å²) in [7, 11) is 0. The molecular weight excluding hydrogens is 212 g/mol. The van der Waals surface area contributed by atoms with Gasteiger partial charge in [0.15, 0.2) is 0 Å². The Morgan fingerprint density at radius 3 is 2.76 bits per heavy atom. The molecule has 0 aromatic heterocycles. The minimum absolute atomic E-state index is 0.166. The third-order valence-electron chi connectivity index (χ3n) is 4.18. The summed E-state index contributed by atoms with van der Waals surface area (Å²) >= 11 is 0. The van der Waals surface area contributed by atoms with Crippen LogP contribution in [0.3, 0.4) is 0 Å². The number of ether oxygens (including phenoxy) is 1. The van der Waals surface area contributed by atoms with Gasteiger partial charge in [0.05, 0.1) is 12.7 Å². The molecule has 3 rings (SSSR count). The number of hydrogen-bond acceptors (Lipinski definition) is 2. The van der Waals surface area contributed by atoms with Crippen molar-refractivity contribution in [2.24, 2.45) is 11.8 Å². The molecule has 1 saturated heterocycles. The molecule has 1 aromatic carbocycles. The lowest BCUT2D eigenvalue weighted by atomic mass is 9.91. The normalized spacial score (nSPS) is 34.3. The zero-order chi connectivity index (χ0) is 11.7.